The van der Waals surface area contributed by atoms with Crippen LogP contribution in [-0.2, 0) is 9.45 Å². The van der Waals surface area contributed by atoms with Crippen LogP contribution < -0.4 is 10.2 Å². The van der Waals surface area contributed by atoms with Gasteiger partial charge in [-0.2, -0.15) is 0 Å². The molecule has 1 heterocycles. The number of amides is 1. The molecule has 2 aliphatic rings. The molecule has 1 aliphatic carbocycles. The van der Waals surface area contributed by atoms with Crippen LogP contribution in [0.3, 0.4) is 0 Å². The minimum absolute atomic E-state index is 0.00593. The van der Waals surface area contributed by atoms with Gasteiger partial charge in [0, 0.05) is 12.8 Å². The normalized spacial score (nSPS) is 21.5. The van der Waals surface area contributed by atoms with Crippen molar-refractivity contribution in [1.82, 2.24) is 5.32 Å². The van der Waals surface area contributed by atoms with Gasteiger partial charge in [-0.1, -0.05) is 32.0 Å². The molecule has 0 atom stereocenters. The first-order chi connectivity index (χ1) is 11.2. The second kappa shape index (κ2) is 5.54. The number of nitrogens with one attached hydrogen (secondary N) is 2. The van der Waals surface area contributed by atoms with Gasteiger partial charge in [0.15, 0.2) is 5.78 Å². The van der Waals surface area contributed by atoms with Crippen LogP contribution in [0.4, 0.5) is 8.63 Å². The highest BCUT2D eigenvalue weighted by atomic mass is 19.3. The standard InChI is InChI=1S/C16H17BF2N2O3/c1-16(2)8-11(22)13-12(9-16)24-17(18,19)21-14(13)20-15(23)10-6-4-3-5-7-10/h3-7,21H,8-9H2,1-2H3,(H,20,23). The van der Waals surface area contributed by atoms with Gasteiger partial charge in [-0.15, -0.1) is 0 Å². The lowest BCUT2D eigenvalue weighted by molar-refractivity contribution is -0.367. The molecule has 0 fully saturated rings. The lowest BCUT2D eigenvalue weighted by atomic mass is 9.75. The SMILES string of the molecule is CC1(C)CC(=O)C2=C(C1)O[B-](F)(F)[NH+]=C2NC(=O)c1ccccc1. The van der Waals surface area contributed by atoms with Crippen LogP contribution in [0.5, 0.6) is 0 Å². The second-order valence-electron chi connectivity index (χ2n) is 6.79. The molecule has 126 valence electrons. The van der Waals surface area contributed by atoms with E-state index in [0.29, 0.717) is 5.56 Å². The Bertz CT molecular complexity index is 773. The van der Waals surface area contributed by atoms with Crippen LogP contribution in [0.25, 0.3) is 0 Å². The van der Waals surface area contributed by atoms with Crippen molar-refractivity contribution in [2.24, 2.45) is 5.41 Å². The Morgan fingerprint density at radius 3 is 2.58 bits per heavy atom. The van der Waals surface area contributed by atoms with E-state index >= 15 is 0 Å². The van der Waals surface area contributed by atoms with E-state index in [1.54, 1.807) is 30.3 Å². The molecular formula is C16H17BF2N2O3. The van der Waals surface area contributed by atoms with Crippen molar-refractivity contribution in [3.05, 3.63) is 47.2 Å². The molecule has 0 radical (unpaired) electrons. The molecule has 8 heteroatoms. The number of halogens is 2. The van der Waals surface area contributed by atoms with Gasteiger partial charge < -0.3 is 18.2 Å². The zero-order valence-corrected chi connectivity index (χ0v) is 13.4. The number of benzene rings is 1. The third kappa shape index (κ3) is 3.22. The predicted molar refractivity (Wildman–Crippen MR) is 84.0 cm³/mol. The molecule has 0 saturated carbocycles. The summed E-state index contributed by atoms with van der Waals surface area (Å²) < 4.78 is 32.4. The van der Waals surface area contributed by atoms with E-state index in [2.05, 4.69) is 5.32 Å². The van der Waals surface area contributed by atoms with Gasteiger partial charge >= 0.3 is 12.9 Å². The van der Waals surface area contributed by atoms with Crippen molar-refractivity contribution in [2.75, 3.05) is 0 Å². The van der Waals surface area contributed by atoms with Gasteiger partial charge in [0.05, 0.1) is 11.3 Å². The summed E-state index contributed by atoms with van der Waals surface area (Å²) in [5.41, 5.74) is -0.153. The molecule has 0 aromatic heterocycles. The zero-order chi connectivity index (χ0) is 17.5. The van der Waals surface area contributed by atoms with Crippen LogP contribution in [0, 0.1) is 5.41 Å². The Labute approximate surface area is 137 Å². The number of rotatable bonds is 1. The number of hydrogen-bond donors (Lipinski definition) is 2. The summed E-state index contributed by atoms with van der Waals surface area (Å²) in [6.45, 7) is 3.63. The Balaban J connectivity index is 1.96. The van der Waals surface area contributed by atoms with Crippen molar-refractivity contribution in [2.45, 2.75) is 26.7 Å². The lowest BCUT2D eigenvalue weighted by Crippen LogP contribution is -2.93. The fourth-order valence-corrected chi connectivity index (χ4v) is 2.97. The number of ketones is 1. The van der Waals surface area contributed by atoms with Gasteiger partial charge in [-0.05, 0) is 17.5 Å². The van der Waals surface area contributed by atoms with E-state index in [1.165, 1.54) is 0 Å². The Morgan fingerprint density at radius 1 is 1.25 bits per heavy atom. The molecule has 24 heavy (non-hydrogen) atoms. The number of amidine groups is 1. The van der Waals surface area contributed by atoms with E-state index in [4.69, 9.17) is 4.65 Å². The van der Waals surface area contributed by atoms with Crippen molar-refractivity contribution >= 4 is 24.6 Å². The van der Waals surface area contributed by atoms with Crippen molar-refractivity contribution in [3.8, 4) is 0 Å². The number of Topliss-reactive ketones (excluding diaryl/α,β-unsaturated/α-hetero) is 1. The van der Waals surface area contributed by atoms with Crippen molar-refractivity contribution in [3.63, 3.8) is 0 Å². The molecule has 5 nitrogen and oxygen atoms in total. The highest BCUT2D eigenvalue weighted by Gasteiger charge is 2.47. The van der Waals surface area contributed by atoms with E-state index in [9.17, 15) is 18.2 Å². The minimum atomic E-state index is -4.38. The smallest absolute Gasteiger partial charge is 0.626 e. The summed E-state index contributed by atoms with van der Waals surface area (Å²) in [6.07, 6.45) is 0.401. The van der Waals surface area contributed by atoms with Crippen LogP contribution in [0.15, 0.2) is 41.7 Å². The zero-order valence-electron chi connectivity index (χ0n) is 13.4. The van der Waals surface area contributed by atoms with E-state index in [-0.39, 0.29) is 35.8 Å². The average molecular weight is 334 g/mol. The van der Waals surface area contributed by atoms with Crippen LogP contribution in [-0.4, -0.2) is 24.6 Å². The lowest BCUT2D eigenvalue weighted by Gasteiger charge is -2.37. The van der Waals surface area contributed by atoms with Gasteiger partial charge in [0.1, 0.15) is 5.57 Å². The molecule has 3 rings (SSSR count). The third-order valence-electron chi connectivity index (χ3n) is 3.96. The first-order valence-electron chi connectivity index (χ1n) is 7.65. The van der Waals surface area contributed by atoms with Crippen molar-refractivity contribution in [1.29, 1.82) is 0 Å². The summed E-state index contributed by atoms with van der Waals surface area (Å²) in [5.74, 6) is -1.25. The maximum Gasteiger partial charge on any atom is 0.727 e. The monoisotopic (exact) mass is 334 g/mol. The Hall–Kier alpha value is -2.51. The number of carbonyl (C=O) groups excluding carboxylic acids is 2. The minimum Gasteiger partial charge on any atom is -0.626 e. The second-order valence-corrected chi connectivity index (χ2v) is 6.79. The molecule has 0 saturated heterocycles. The van der Waals surface area contributed by atoms with Crippen LogP contribution in [0.2, 0.25) is 0 Å². The summed E-state index contributed by atoms with van der Waals surface area (Å²) in [4.78, 5) is 26.5. The van der Waals surface area contributed by atoms with Crippen molar-refractivity contribution < 1.29 is 27.8 Å². The van der Waals surface area contributed by atoms with Crippen LogP contribution in [0.1, 0.15) is 37.0 Å². The number of hydrogen-bond acceptors (Lipinski definition) is 3. The predicted octanol–water partition coefficient (Wildman–Crippen LogP) is 0.943. The number of carbonyl (C=O) groups is 2. The Kier molecular flexibility index (Phi) is 3.78. The van der Waals surface area contributed by atoms with Gasteiger partial charge in [0.25, 0.3) is 5.84 Å². The van der Waals surface area contributed by atoms with Gasteiger partial charge in [0.2, 0.25) is 0 Å². The molecular weight excluding hydrogens is 317 g/mol. The fraction of sp³-hybridized carbons (Fsp3) is 0.312. The molecule has 2 N–H and O–H groups in total. The van der Waals surface area contributed by atoms with Gasteiger partial charge in [-0.25, -0.2) is 10.1 Å². The van der Waals surface area contributed by atoms with E-state index < -0.39 is 18.4 Å². The van der Waals surface area contributed by atoms with Crippen LogP contribution >= 0.6 is 0 Å². The highest BCUT2D eigenvalue weighted by molar-refractivity contribution is 6.51. The first-order valence-corrected chi connectivity index (χ1v) is 7.65. The Morgan fingerprint density at radius 2 is 1.92 bits per heavy atom. The fourth-order valence-electron chi connectivity index (χ4n) is 2.97. The summed E-state index contributed by atoms with van der Waals surface area (Å²) in [6, 6.07) is 8.17. The first kappa shape index (κ1) is 16.4. The third-order valence-corrected chi connectivity index (χ3v) is 3.96. The quantitative estimate of drug-likeness (QED) is 0.751. The molecule has 0 unspecified atom stereocenters. The summed E-state index contributed by atoms with van der Waals surface area (Å²) in [7, 11) is -4.38. The molecule has 0 spiro atoms. The van der Waals surface area contributed by atoms with E-state index in [0.717, 1.165) is 0 Å². The maximum absolute atomic E-state index is 13.9. The molecule has 0 bridgehead atoms. The summed E-state index contributed by atoms with van der Waals surface area (Å²) in [5, 5.41) is 2.39. The topological polar surface area (TPSA) is 69.4 Å². The molecule has 1 aliphatic heterocycles. The van der Waals surface area contributed by atoms with E-state index in [1.807, 2.05) is 18.8 Å². The number of allylic oxidation sites excluding steroid dienone is 1. The average Bonchev–Trinajstić information content (AvgIpc) is 2.44. The molecule has 1 amide bonds. The largest absolute Gasteiger partial charge is 0.727 e. The molecule has 1 aromatic rings. The maximum atomic E-state index is 13.9. The molecule has 1 aromatic carbocycles. The van der Waals surface area contributed by atoms with Gasteiger partial charge in [-0.3, -0.25) is 4.79 Å². The summed E-state index contributed by atoms with van der Waals surface area (Å²) >= 11 is 0. The highest BCUT2D eigenvalue weighted by Crippen LogP contribution is 2.38.